The number of hydrazine groups is 1. The van der Waals surface area contributed by atoms with Gasteiger partial charge in [-0.3, -0.25) is 5.84 Å². The van der Waals surface area contributed by atoms with E-state index in [9.17, 15) is 8.78 Å². The molecule has 0 spiro atoms. The molecule has 0 radical (unpaired) electrons. The van der Waals surface area contributed by atoms with Crippen molar-refractivity contribution in [3.05, 3.63) is 64.7 Å². The van der Waals surface area contributed by atoms with E-state index in [1.165, 1.54) is 25.3 Å². The standard InChI is InChI=1S/C15H16F2N2O/c1-9-4-3-5-11(14(9)17)15(19-18)12-8-10(16)6-7-13(12)20-2/h3-8,15,19H,18H2,1-2H3. The molecule has 1 unspecified atom stereocenters. The van der Waals surface area contributed by atoms with Gasteiger partial charge in [-0.05, 0) is 30.7 Å². The van der Waals surface area contributed by atoms with Gasteiger partial charge in [0.05, 0.1) is 13.2 Å². The van der Waals surface area contributed by atoms with E-state index in [0.717, 1.165) is 0 Å². The van der Waals surface area contributed by atoms with Crippen molar-refractivity contribution in [3.63, 3.8) is 0 Å². The molecule has 0 saturated heterocycles. The third kappa shape index (κ3) is 2.64. The first-order valence-electron chi connectivity index (χ1n) is 6.13. The van der Waals surface area contributed by atoms with Crippen molar-refractivity contribution in [2.75, 3.05) is 7.11 Å². The van der Waals surface area contributed by atoms with Crippen LogP contribution in [0.4, 0.5) is 8.78 Å². The van der Waals surface area contributed by atoms with Gasteiger partial charge in [0.25, 0.3) is 0 Å². The summed E-state index contributed by atoms with van der Waals surface area (Å²) in [6, 6.07) is 8.35. The average Bonchev–Trinajstić information content (AvgIpc) is 2.44. The van der Waals surface area contributed by atoms with Crippen molar-refractivity contribution < 1.29 is 13.5 Å². The number of ether oxygens (including phenoxy) is 1. The molecular weight excluding hydrogens is 262 g/mol. The second-order valence-electron chi connectivity index (χ2n) is 4.46. The van der Waals surface area contributed by atoms with Gasteiger partial charge in [0, 0.05) is 11.1 Å². The zero-order valence-corrected chi connectivity index (χ0v) is 11.3. The summed E-state index contributed by atoms with van der Waals surface area (Å²) in [5.74, 6) is 5.17. The molecule has 106 valence electrons. The molecule has 3 N–H and O–H groups in total. The van der Waals surface area contributed by atoms with Gasteiger partial charge < -0.3 is 4.74 Å². The highest BCUT2D eigenvalue weighted by Gasteiger charge is 2.21. The normalized spacial score (nSPS) is 12.2. The van der Waals surface area contributed by atoms with Gasteiger partial charge in [0.15, 0.2) is 0 Å². The summed E-state index contributed by atoms with van der Waals surface area (Å²) < 4.78 is 32.9. The molecule has 0 aliphatic carbocycles. The van der Waals surface area contributed by atoms with E-state index >= 15 is 0 Å². The maximum Gasteiger partial charge on any atom is 0.131 e. The monoisotopic (exact) mass is 278 g/mol. The number of nitrogens with two attached hydrogens (primary N) is 1. The Balaban J connectivity index is 2.58. The highest BCUT2D eigenvalue weighted by molar-refractivity contribution is 5.43. The molecule has 1 atom stereocenters. The quantitative estimate of drug-likeness (QED) is 0.668. The Bertz CT molecular complexity index is 617. The van der Waals surface area contributed by atoms with Crippen LogP contribution in [0.5, 0.6) is 5.75 Å². The molecule has 0 bridgehead atoms. The van der Waals surface area contributed by atoms with Crippen LogP contribution in [0.1, 0.15) is 22.7 Å². The lowest BCUT2D eigenvalue weighted by Crippen LogP contribution is -2.30. The molecule has 3 nitrogen and oxygen atoms in total. The lowest BCUT2D eigenvalue weighted by atomic mass is 9.96. The second-order valence-corrected chi connectivity index (χ2v) is 4.46. The molecule has 5 heteroatoms. The van der Waals surface area contributed by atoms with Crippen LogP contribution in [0.3, 0.4) is 0 Å². The molecule has 20 heavy (non-hydrogen) atoms. The minimum Gasteiger partial charge on any atom is -0.496 e. The number of aryl methyl sites for hydroxylation is 1. The van der Waals surface area contributed by atoms with Crippen LogP contribution in [-0.2, 0) is 0 Å². The van der Waals surface area contributed by atoms with Crippen LogP contribution >= 0.6 is 0 Å². The van der Waals surface area contributed by atoms with Crippen LogP contribution in [0.25, 0.3) is 0 Å². The Labute approximate surface area is 116 Å². The maximum absolute atomic E-state index is 14.2. The van der Waals surface area contributed by atoms with Crippen molar-refractivity contribution in [1.29, 1.82) is 0 Å². The lowest BCUT2D eigenvalue weighted by Gasteiger charge is -2.20. The fraction of sp³-hybridized carbons (Fsp3) is 0.200. The van der Waals surface area contributed by atoms with Gasteiger partial charge in [0.2, 0.25) is 0 Å². The van der Waals surface area contributed by atoms with Gasteiger partial charge in [-0.1, -0.05) is 18.2 Å². The third-order valence-corrected chi connectivity index (χ3v) is 3.20. The molecule has 2 aromatic carbocycles. The number of hydrogen-bond donors (Lipinski definition) is 2. The molecule has 0 heterocycles. The Morgan fingerprint density at radius 1 is 1.15 bits per heavy atom. The molecule has 0 fully saturated rings. The molecule has 0 aliphatic heterocycles. The maximum atomic E-state index is 14.2. The van der Waals surface area contributed by atoms with Crippen molar-refractivity contribution in [1.82, 2.24) is 5.43 Å². The molecule has 0 amide bonds. The fourth-order valence-corrected chi connectivity index (χ4v) is 2.17. The van der Waals surface area contributed by atoms with E-state index in [4.69, 9.17) is 10.6 Å². The SMILES string of the molecule is COc1ccc(F)cc1C(NN)c1cccc(C)c1F. The first kappa shape index (κ1) is 14.4. The smallest absolute Gasteiger partial charge is 0.131 e. The van der Waals surface area contributed by atoms with E-state index in [0.29, 0.717) is 22.4 Å². The third-order valence-electron chi connectivity index (χ3n) is 3.20. The van der Waals surface area contributed by atoms with Gasteiger partial charge in [-0.25, -0.2) is 14.2 Å². The zero-order valence-electron chi connectivity index (χ0n) is 11.3. The summed E-state index contributed by atoms with van der Waals surface area (Å²) in [5.41, 5.74) is 3.80. The highest BCUT2D eigenvalue weighted by Crippen LogP contribution is 2.32. The zero-order chi connectivity index (χ0) is 14.7. The van der Waals surface area contributed by atoms with Gasteiger partial charge in [0.1, 0.15) is 17.4 Å². The van der Waals surface area contributed by atoms with Crippen molar-refractivity contribution in [2.45, 2.75) is 13.0 Å². The van der Waals surface area contributed by atoms with Crippen molar-refractivity contribution >= 4 is 0 Å². The molecule has 2 rings (SSSR count). The first-order chi connectivity index (χ1) is 9.58. The fourth-order valence-electron chi connectivity index (χ4n) is 2.17. The molecule has 0 saturated carbocycles. The van der Waals surface area contributed by atoms with E-state index in [2.05, 4.69) is 5.43 Å². The number of halogens is 2. The van der Waals surface area contributed by atoms with Crippen LogP contribution in [0.15, 0.2) is 36.4 Å². The Kier molecular flexibility index (Phi) is 4.32. The van der Waals surface area contributed by atoms with Crippen LogP contribution in [0.2, 0.25) is 0 Å². The molecular formula is C15H16F2N2O. The summed E-state index contributed by atoms with van der Waals surface area (Å²) in [7, 11) is 1.47. The largest absolute Gasteiger partial charge is 0.496 e. The summed E-state index contributed by atoms with van der Waals surface area (Å²) in [4.78, 5) is 0. The summed E-state index contributed by atoms with van der Waals surface area (Å²) >= 11 is 0. The lowest BCUT2D eigenvalue weighted by molar-refractivity contribution is 0.401. The van der Waals surface area contributed by atoms with E-state index < -0.39 is 11.9 Å². The number of rotatable bonds is 4. The Hall–Kier alpha value is -1.98. The van der Waals surface area contributed by atoms with Crippen LogP contribution in [0, 0.1) is 18.6 Å². The van der Waals surface area contributed by atoms with Gasteiger partial charge >= 0.3 is 0 Å². The van der Waals surface area contributed by atoms with E-state index in [1.54, 1.807) is 25.1 Å². The predicted molar refractivity (Wildman–Crippen MR) is 73.3 cm³/mol. The van der Waals surface area contributed by atoms with E-state index in [-0.39, 0.29) is 5.82 Å². The summed E-state index contributed by atoms with van der Waals surface area (Å²) in [6.07, 6.45) is 0. The van der Waals surface area contributed by atoms with Crippen molar-refractivity contribution in [2.24, 2.45) is 5.84 Å². The minimum atomic E-state index is -0.694. The van der Waals surface area contributed by atoms with Crippen LogP contribution in [-0.4, -0.2) is 7.11 Å². The number of benzene rings is 2. The van der Waals surface area contributed by atoms with Gasteiger partial charge in [-0.15, -0.1) is 0 Å². The topological polar surface area (TPSA) is 47.3 Å². The van der Waals surface area contributed by atoms with E-state index in [1.807, 2.05) is 0 Å². The summed E-state index contributed by atoms with van der Waals surface area (Å²) in [6.45, 7) is 1.66. The first-order valence-corrected chi connectivity index (χ1v) is 6.13. The predicted octanol–water partition coefficient (Wildman–Crippen LogP) is 2.83. The van der Waals surface area contributed by atoms with Crippen LogP contribution < -0.4 is 16.0 Å². The molecule has 0 aromatic heterocycles. The molecule has 0 aliphatic rings. The molecule has 2 aromatic rings. The minimum absolute atomic E-state index is 0.344. The Morgan fingerprint density at radius 3 is 2.55 bits per heavy atom. The van der Waals surface area contributed by atoms with Gasteiger partial charge in [-0.2, -0.15) is 0 Å². The summed E-state index contributed by atoms with van der Waals surface area (Å²) in [5, 5.41) is 0. The number of methoxy groups -OCH3 is 1. The number of nitrogens with one attached hydrogen (secondary N) is 1. The number of hydrogen-bond acceptors (Lipinski definition) is 3. The van der Waals surface area contributed by atoms with Crippen molar-refractivity contribution in [3.8, 4) is 5.75 Å². The Morgan fingerprint density at radius 2 is 1.90 bits per heavy atom. The second kappa shape index (κ2) is 5.98. The average molecular weight is 278 g/mol. The highest BCUT2D eigenvalue weighted by atomic mass is 19.1.